The molecular weight excluding hydrogens is 426 g/mol. The Morgan fingerprint density at radius 2 is 1.97 bits per heavy atom. The van der Waals surface area contributed by atoms with Crippen molar-refractivity contribution >= 4 is 15.1 Å². The lowest BCUT2D eigenvalue weighted by molar-refractivity contribution is 0.100. The van der Waals surface area contributed by atoms with E-state index >= 15 is 0 Å². The van der Waals surface area contributed by atoms with Crippen LogP contribution in [-0.4, -0.2) is 20.8 Å². The molecule has 1 aromatic rings. The average molecular weight is 468 g/mol. The summed E-state index contributed by atoms with van der Waals surface area (Å²) in [6.07, 6.45) is 13.8. The van der Waals surface area contributed by atoms with Crippen molar-refractivity contribution in [1.82, 2.24) is 0 Å². The molecule has 0 radical (unpaired) electrons. The van der Waals surface area contributed by atoms with E-state index < -0.39 is 9.71 Å². The summed E-state index contributed by atoms with van der Waals surface area (Å²) in [5.41, 5.74) is 4.29. The molecule has 0 amide bonds. The van der Waals surface area contributed by atoms with Crippen molar-refractivity contribution in [3.05, 3.63) is 65.8 Å². The van der Waals surface area contributed by atoms with Gasteiger partial charge in [0.2, 0.25) is 0 Å². The van der Waals surface area contributed by atoms with Crippen molar-refractivity contribution in [3.63, 3.8) is 0 Å². The minimum atomic E-state index is -2.60. The fourth-order valence-corrected chi connectivity index (χ4v) is 8.16. The lowest BCUT2D eigenvalue weighted by Crippen LogP contribution is -2.36. The Hall–Kier alpha value is -1.62. The minimum Gasteiger partial charge on any atom is -0.393 e. The lowest BCUT2D eigenvalue weighted by atomic mass is 9.61. The lowest BCUT2D eigenvalue weighted by Gasteiger charge is -2.44. The van der Waals surface area contributed by atoms with Gasteiger partial charge in [-0.3, -0.25) is 5.14 Å². The Morgan fingerprint density at radius 3 is 2.73 bits per heavy atom. The number of nitrogens with two attached hydrogens (primary N) is 1. The summed E-state index contributed by atoms with van der Waals surface area (Å²) in [5.74, 6) is 1.69. The van der Waals surface area contributed by atoms with Gasteiger partial charge in [-0.1, -0.05) is 61.9 Å². The number of aliphatic hydroxyl groups is 1. The normalized spacial score (nSPS) is 35.3. The second-order valence-corrected chi connectivity index (χ2v) is 13.0. The first-order valence-electron chi connectivity index (χ1n) is 12.7. The smallest absolute Gasteiger partial charge is 0.0583 e. The molecule has 3 aliphatic rings. The fraction of sp³-hybridized carbons (Fsp3) is 0.552. The third-order valence-corrected chi connectivity index (χ3v) is 10.4. The molecule has 3 aliphatic carbocycles. The molecule has 0 aromatic heterocycles. The molecule has 180 valence electrons. The van der Waals surface area contributed by atoms with Gasteiger partial charge < -0.3 is 5.11 Å². The molecule has 3 N–H and O–H groups in total. The van der Waals surface area contributed by atoms with Crippen molar-refractivity contribution < 1.29 is 9.32 Å². The van der Waals surface area contributed by atoms with Crippen LogP contribution in [0.3, 0.4) is 0 Å². The van der Waals surface area contributed by atoms with E-state index in [0.717, 1.165) is 30.6 Å². The predicted molar refractivity (Wildman–Crippen MR) is 140 cm³/mol. The summed E-state index contributed by atoms with van der Waals surface area (Å²) in [5, 5.41) is 18.2. The van der Waals surface area contributed by atoms with Gasteiger partial charge in [-0.05, 0) is 104 Å². The van der Waals surface area contributed by atoms with Crippen molar-refractivity contribution in [1.29, 1.82) is 0 Å². The van der Waals surface area contributed by atoms with Crippen LogP contribution in [0.5, 0.6) is 0 Å². The molecule has 1 aromatic carbocycles. The van der Waals surface area contributed by atoms with E-state index in [2.05, 4.69) is 32.6 Å². The third-order valence-electron chi connectivity index (χ3n) is 8.74. The van der Waals surface area contributed by atoms with Crippen LogP contribution in [0.1, 0.15) is 71.6 Å². The molecule has 0 heterocycles. The van der Waals surface area contributed by atoms with Gasteiger partial charge in [-0.15, -0.1) is 0 Å². The number of fused-ring (bicyclic) bond motifs is 1. The van der Waals surface area contributed by atoms with E-state index in [0.29, 0.717) is 23.2 Å². The zero-order chi connectivity index (χ0) is 23.6. The van der Waals surface area contributed by atoms with Crippen LogP contribution in [0.15, 0.2) is 70.7 Å². The Kier molecular flexibility index (Phi) is 7.38. The van der Waals surface area contributed by atoms with Crippen LogP contribution in [0.25, 0.3) is 0 Å². The zero-order valence-corrected chi connectivity index (χ0v) is 21.2. The van der Waals surface area contributed by atoms with Crippen molar-refractivity contribution in [2.45, 2.75) is 82.6 Å². The highest BCUT2D eigenvalue weighted by Crippen LogP contribution is 2.59. The molecule has 6 atom stereocenters. The van der Waals surface area contributed by atoms with E-state index in [1.165, 1.54) is 43.3 Å². The van der Waals surface area contributed by atoms with Crippen molar-refractivity contribution in [3.8, 4) is 0 Å². The second-order valence-electron chi connectivity index (χ2n) is 10.9. The van der Waals surface area contributed by atoms with Crippen LogP contribution in [0.4, 0.5) is 0 Å². The van der Waals surface area contributed by atoms with E-state index in [-0.39, 0.29) is 6.10 Å². The molecule has 33 heavy (non-hydrogen) atoms. The summed E-state index contributed by atoms with van der Waals surface area (Å²) in [7, 11) is -2.60. The summed E-state index contributed by atoms with van der Waals surface area (Å²) in [6.45, 7) is 9.04. The second kappa shape index (κ2) is 9.93. The highest BCUT2D eigenvalue weighted by Gasteiger charge is 2.50. The summed E-state index contributed by atoms with van der Waals surface area (Å²) < 4.78 is 13.1. The molecule has 0 bridgehead atoms. The molecule has 3 saturated carbocycles. The number of allylic oxidation sites excluding steroid dienone is 4. The number of rotatable bonds is 5. The molecule has 0 aliphatic heterocycles. The Morgan fingerprint density at radius 1 is 1.21 bits per heavy atom. The highest BCUT2D eigenvalue weighted by atomic mass is 32.2. The van der Waals surface area contributed by atoms with E-state index in [1.807, 2.05) is 35.7 Å². The van der Waals surface area contributed by atoms with Crippen LogP contribution >= 0.6 is 0 Å². The Labute approximate surface area is 201 Å². The maximum Gasteiger partial charge on any atom is 0.0583 e. The molecule has 3 fully saturated rings. The van der Waals surface area contributed by atoms with Gasteiger partial charge in [0.1, 0.15) is 0 Å². The van der Waals surface area contributed by atoms with Crippen LogP contribution < -0.4 is 5.14 Å². The quantitative estimate of drug-likeness (QED) is 0.506. The number of hydrogen-bond acceptors (Lipinski definition) is 2. The van der Waals surface area contributed by atoms with Crippen LogP contribution in [0, 0.1) is 23.2 Å². The van der Waals surface area contributed by atoms with E-state index in [1.54, 1.807) is 5.57 Å². The third kappa shape index (κ3) is 5.23. The number of benzene rings is 1. The monoisotopic (exact) mass is 467 g/mol. The SMILES string of the molecule is C=C1CCC(O)CC1=CC=C1CCCC2(C)C1CCC2C(C)CC=S(N)(=O)c1ccccc1. The van der Waals surface area contributed by atoms with Gasteiger partial charge in [-0.25, -0.2) is 4.21 Å². The van der Waals surface area contributed by atoms with Gasteiger partial charge in [0.25, 0.3) is 0 Å². The molecule has 4 heteroatoms. The van der Waals surface area contributed by atoms with Crippen molar-refractivity contribution in [2.24, 2.45) is 28.3 Å². The largest absolute Gasteiger partial charge is 0.393 e. The molecular formula is C29H41NO2S. The first-order valence-corrected chi connectivity index (χ1v) is 14.4. The maximum atomic E-state index is 13.1. The fourth-order valence-electron chi connectivity index (χ4n) is 6.80. The van der Waals surface area contributed by atoms with Gasteiger partial charge in [0, 0.05) is 4.90 Å². The number of aliphatic hydroxyl groups excluding tert-OH is 1. The molecule has 0 saturated heterocycles. The first kappa shape index (κ1) is 24.5. The summed E-state index contributed by atoms with van der Waals surface area (Å²) >= 11 is 0. The molecule has 4 rings (SSSR count). The van der Waals surface area contributed by atoms with Gasteiger partial charge >= 0.3 is 0 Å². The first-order chi connectivity index (χ1) is 15.7. The van der Waals surface area contributed by atoms with Gasteiger partial charge in [0.15, 0.2) is 0 Å². The summed E-state index contributed by atoms with van der Waals surface area (Å²) in [4.78, 5) is 0.720. The highest BCUT2D eigenvalue weighted by molar-refractivity contribution is 7.99. The molecule has 6 unspecified atom stereocenters. The Balaban J connectivity index is 1.50. The van der Waals surface area contributed by atoms with Crippen molar-refractivity contribution in [2.75, 3.05) is 0 Å². The molecule has 3 nitrogen and oxygen atoms in total. The predicted octanol–water partition coefficient (Wildman–Crippen LogP) is 6.20. The van der Waals surface area contributed by atoms with E-state index in [9.17, 15) is 9.32 Å². The summed E-state index contributed by atoms with van der Waals surface area (Å²) in [6, 6.07) is 9.45. The van der Waals surface area contributed by atoms with Gasteiger partial charge in [0.05, 0.1) is 15.8 Å². The number of hydrogen-bond donors (Lipinski definition) is 2. The van der Waals surface area contributed by atoms with Gasteiger partial charge in [-0.2, -0.15) is 0 Å². The topological polar surface area (TPSA) is 63.3 Å². The van der Waals surface area contributed by atoms with Crippen LogP contribution in [-0.2, 0) is 9.71 Å². The van der Waals surface area contributed by atoms with E-state index in [4.69, 9.17) is 5.14 Å². The van der Waals surface area contributed by atoms with Crippen LogP contribution in [0.2, 0.25) is 0 Å². The molecule has 0 spiro atoms. The maximum absolute atomic E-state index is 13.1. The minimum absolute atomic E-state index is 0.224. The standard InChI is InChI=1S/C29H41NO2S/c1-21-11-14-25(31)20-24(21)13-12-23-8-7-18-29(3)27(15-16-28(23)29)22(2)17-19-33(30,32)26-9-5-4-6-10-26/h4-6,9-10,12-13,19,22,25,27-28,31H,1,7-8,11,14-18,20H2,2-3H3,(H2,30,32). The zero-order valence-electron chi connectivity index (χ0n) is 20.3. The Bertz CT molecular complexity index is 1050. The average Bonchev–Trinajstić information content (AvgIpc) is 3.16.